The topological polar surface area (TPSA) is 69.6 Å². The van der Waals surface area contributed by atoms with Crippen LogP contribution in [0.1, 0.15) is 19.8 Å². The van der Waals surface area contributed by atoms with Crippen molar-refractivity contribution >= 4 is 5.97 Å². The van der Waals surface area contributed by atoms with Crippen molar-refractivity contribution in [2.45, 2.75) is 25.8 Å². The van der Waals surface area contributed by atoms with Crippen LogP contribution in [0.2, 0.25) is 0 Å². The van der Waals surface area contributed by atoms with Crippen LogP contribution in [0.3, 0.4) is 0 Å². The van der Waals surface area contributed by atoms with Crippen molar-refractivity contribution in [3.05, 3.63) is 0 Å². The highest BCUT2D eigenvalue weighted by atomic mass is 16.4. The summed E-state index contributed by atoms with van der Waals surface area (Å²) in [5.41, 5.74) is 0. The van der Waals surface area contributed by atoms with Crippen molar-refractivity contribution in [3.63, 3.8) is 0 Å². The quantitative estimate of drug-likeness (QED) is 0.473. The summed E-state index contributed by atoms with van der Waals surface area (Å²) in [6.45, 7) is 2.42. The van der Waals surface area contributed by atoms with E-state index < -0.39 is 12.0 Å². The van der Waals surface area contributed by atoms with Gasteiger partial charge < -0.3 is 15.5 Å². The number of aliphatic hydroxyl groups is 1. The molecule has 3 N–H and O–H groups in total. The molecule has 0 aliphatic carbocycles. The van der Waals surface area contributed by atoms with Gasteiger partial charge in [-0.25, -0.2) is 0 Å². The summed E-state index contributed by atoms with van der Waals surface area (Å²) in [5.74, 6) is -0.839. The second kappa shape index (κ2) is 6.12. The number of unbranched alkanes of at least 4 members (excludes halogenated alkanes) is 1. The van der Waals surface area contributed by atoms with Gasteiger partial charge in [0.05, 0.1) is 0 Å². The molecule has 0 aromatic heterocycles. The third-order valence-corrected chi connectivity index (χ3v) is 1.41. The molecule has 0 aromatic rings. The zero-order valence-corrected chi connectivity index (χ0v) is 6.71. The van der Waals surface area contributed by atoms with Gasteiger partial charge in [-0.1, -0.05) is 0 Å². The van der Waals surface area contributed by atoms with E-state index in [2.05, 4.69) is 5.32 Å². The predicted molar refractivity (Wildman–Crippen MR) is 41.4 cm³/mol. The summed E-state index contributed by atoms with van der Waals surface area (Å²) in [6, 6.07) is -0.492. The summed E-state index contributed by atoms with van der Waals surface area (Å²) in [4.78, 5) is 10.3. The lowest BCUT2D eigenvalue weighted by Gasteiger charge is -2.07. The van der Waals surface area contributed by atoms with Crippen LogP contribution in [-0.4, -0.2) is 35.4 Å². The minimum Gasteiger partial charge on any atom is -0.480 e. The molecule has 11 heavy (non-hydrogen) atoms. The largest absolute Gasteiger partial charge is 0.480 e. The molecule has 4 heteroatoms. The maximum atomic E-state index is 10.3. The number of carboxylic acids is 1. The average Bonchev–Trinajstić information content (AvgIpc) is 1.97. The Kier molecular flexibility index (Phi) is 5.78. The number of carbonyl (C=O) groups is 1. The highest BCUT2D eigenvalue weighted by Crippen LogP contribution is 1.86. The van der Waals surface area contributed by atoms with Crippen LogP contribution >= 0.6 is 0 Å². The van der Waals surface area contributed by atoms with Crippen molar-refractivity contribution in [1.29, 1.82) is 0 Å². The summed E-state index contributed by atoms with van der Waals surface area (Å²) in [7, 11) is 0. The molecule has 0 amide bonds. The molecule has 0 fully saturated rings. The zero-order chi connectivity index (χ0) is 8.69. The first-order valence-corrected chi connectivity index (χ1v) is 3.75. The van der Waals surface area contributed by atoms with Gasteiger partial charge in [0.1, 0.15) is 6.04 Å². The molecule has 0 bridgehead atoms. The molecule has 0 rings (SSSR count). The Morgan fingerprint density at radius 2 is 2.18 bits per heavy atom. The van der Waals surface area contributed by atoms with Gasteiger partial charge in [0.2, 0.25) is 0 Å². The summed E-state index contributed by atoms with van der Waals surface area (Å²) >= 11 is 0. The highest BCUT2D eigenvalue weighted by Gasteiger charge is 2.07. The zero-order valence-electron chi connectivity index (χ0n) is 6.71. The third kappa shape index (κ3) is 5.82. The number of nitrogens with one attached hydrogen (secondary N) is 1. The lowest BCUT2D eigenvalue weighted by molar-refractivity contribution is -0.138. The molecule has 1 unspecified atom stereocenters. The Hall–Kier alpha value is -0.610. The predicted octanol–water partition coefficient (Wildman–Crippen LogP) is -0.178. The van der Waals surface area contributed by atoms with Crippen molar-refractivity contribution in [1.82, 2.24) is 5.32 Å². The minimum absolute atomic E-state index is 0.170. The molecule has 0 radical (unpaired) electrons. The van der Waals surface area contributed by atoms with Gasteiger partial charge in [-0.2, -0.15) is 0 Å². The van der Waals surface area contributed by atoms with Crippen LogP contribution in [0.15, 0.2) is 0 Å². The van der Waals surface area contributed by atoms with E-state index in [4.69, 9.17) is 10.2 Å². The molecule has 0 heterocycles. The SMILES string of the molecule is CC(NCCCCO)C(=O)O. The molecule has 0 aliphatic heterocycles. The van der Waals surface area contributed by atoms with Gasteiger partial charge in [0.15, 0.2) is 0 Å². The van der Waals surface area contributed by atoms with E-state index in [1.165, 1.54) is 0 Å². The Bertz CT molecular complexity index is 116. The van der Waals surface area contributed by atoms with Crippen LogP contribution in [0.5, 0.6) is 0 Å². The minimum atomic E-state index is -0.839. The first-order valence-electron chi connectivity index (χ1n) is 3.75. The molecule has 1 atom stereocenters. The molecule has 0 saturated carbocycles. The van der Waals surface area contributed by atoms with Crippen LogP contribution in [-0.2, 0) is 4.79 Å². The third-order valence-electron chi connectivity index (χ3n) is 1.41. The van der Waals surface area contributed by atoms with E-state index in [1.54, 1.807) is 6.92 Å². The van der Waals surface area contributed by atoms with E-state index in [0.717, 1.165) is 12.8 Å². The van der Waals surface area contributed by atoms with E-state index in [1.807, 2.05) is 0 Å². The Labute approximate surface area is 66.2 Å². The van der Waals surface area contributed by atoms with Gasteiger partial charge in [0, 0.05) is 6.61 Å². The maximum absolute atomic E-state index is 10.3. The first-order chi connectivity index (χ1) is 5.18. The van der Waals surface area contributed by atoms with E-state index >= 15 is 0 Å². The molecular weight excluding hydrogens is 146 g/mol. The number of hydrogen-bond acceptors (Lipinski definition) is 3. The van der Waals surface area contributed by atoms with Gasteiger partial charge >= 0.3 is 5.97 Å². The fourth-order valence-corrected chi connectivity index (χ4v) is 0.643. The fourth-order valence-electron chi connectivity index (χ4n) is 0.643. The Balaban J connectivity index is 3.17. The number of aliphatic hydroxyl groups excluding tert-OH is 1. The second-order valence-electron chi connectivity index (χ2n) is 2.44. The second-order valence-corrected chi connectivity index (χ2v) is 2.44. The Morgan fingerprint density at radius 3 is 2.64 bits per heavy atom. The molecule has 66 valence electrons. The molecule has 0 aromatic carbocycles. The average molecular weight is 161 g/mol. The molecule has 0 saturated heterocycles. The summed E-state index contributed by atoms with van der Waals surface area (Å²) < 4.78 is 0. The van der Waals surface area contributed by atoms with Crippen LogP contribution in [0.4, 0.5) is 0 Å². The normalized spacial score (nSPS) is 12.9. The van der Waals surface area contributed by atoms with Gasteiger partial charge in [-0.05, 0) is 26.3 Å². The lowest BCUT2D eigenvalue weighted by Crippen LogP contribution is -2.34. The van der Waals surface area contributed by atoms with Crippen molar-refractivity contribution in [2.75, 3.05) is 13.2 Å². The monoisotopic (exact) mass is 161 g/mol. The standard InChI is InChI=1S/C7H15NO3/c1-6(7(10)11)8-4-2-3-5-9/h6,8-9H,2-5H2,1H3,(H,10,11). The van der Waals surface area contributed by atoms with Crippen molar-refractivity contribution < 1.29 is 15.0 Å². The number of aliphatic carboxylic acids is 1. The summed E-state index contributed by atoms with van der Waals surface area (Å²) in [6.07, 6.45) is 1.54. The van der Waals surface area contributed by atoms with E-state index in [0.29, 0.717) is 6.54 Å². The smallest absolute Gasteiger partial charge is 0.320 e. The van der Waals surface area contributed by atoms with Crippen LogP contribution in [0, 0.1) is 0 Å². The molecule has 0 spiro atoms. The number of rotatable bonds is 6. The van der Waals surface area contributed by atoms with Crippen molar-refractivity contribution in [3.8, 4) is 0 Å². The van der Waals surface area contributed by atoms with E-state index in [-0.39, 0.29) is 6.61 Å². The van der Waals surface area contributed by atoms with Gasteiger partial charge in [-0.15, -0.1) is 0 Å². The first kappa shape index (κ1) is 10.4. The van der Waals surface area contributed by atoms with Crippen LogP contribution in [0.25, 0.3) is 0 Å². The lowest BCUT2D eigenvalue weighted by atomic mass is 10.3. The molecule has 0 aliphatic rings. The number of carboxylic acid groups (broad SMARTS) is 1. The van der Waals surface area contributed by atoms with Crippen molar-refractivity contribution in [2.24, 2.45) is 0 Å². The van der Waals surface area contributed by atoms with Gasteiger partial charge in [-0.3, -0.25) is 4.79 Å². The van der Waals surface area contributed by atoms with E-state index in [9.17, 15) is 4.79 Å². The summed E-state index contributed by atoms with van der Waals surface area (Å²) in [5, 5.41) is 19.6. The Morgan fingerprint density at radius 1 is 1.55 bits per heavy atom. The molecule has 4 nitrogen and oxygen atoms in total. The van der Waals surface area contributed by atoms with Gasteiger partial charge in [0.25, 0.3) is 0 Å². The highest BCUT2D eigenvalue weighted by molar-refractivity contribution is 5.72. The fraction of sp³-hybridized carbons (Fsp3) is 0.857. The van der Waals surface area contributed by atoms with Crippen LogP contribution < -0.4 is 5.32 Å². The maximum Gasteiger partial charge on any atom is 0.320 e. The molecular formula is C7H15NO3. The number of hydrogen-bond donors (Lipinski definition) is 3.